The van der Waals surface area contributed by atoms with Gasteiger partial charge in [-0.1, -0.05) is 6.07 Å². The Morgan fingerprint density at radius 1 is 1.29 bits per heavy atom. The van der Waals surface area contributed by atoms with E-state index in [0.29, 0.717) is 35.4 Å². The number of carboxylic acid groups (broad SMARTS) is 1. The number of hydrogen-bond acceptors (Lipinski definition) is 6. The SMILES string of the molecule is COc1cccc(OCCNC(=O)Cc2nc(CC(=O)O)cs2)c1. The van der Waals surface area contributed by atoms with Crippen LogP contribution in [-0.4, -0.2) is 42.2 Å². The first-order valence-electron chi connectivity index (χ1n) is 7.25. The maximum Gasteiger partial charge on any atom is 0.309 e. The molecule has 128 valence electrons. The third-order valence-electron chi connectivity index (χ3n) is 2.98. The van der Waals surface area contributed by atoms with Crippen LogP contribution >= 0.6 is 11.3 Å². The smallest absolute Gasteiger partial charge is 0.309 e. The number of hydrogen-bond donors (Lipinski definition) is 2. The van der Waals surface area contributed by atoms with E-state index in [1.54, 1.807) is 18.6 Å². The molecule has 0 fully saturated rings. The van der Waals surface area contributed by atoms with E-state index >= 15 is 0 Å². The summed E-state index contributed by atoms with van der Waals surface area (Å²) in [5.74, 6) is 0.255. The quantitative estimate of drug-likeness (QED) is 0.666. The van der Waals surface area contributed by atoms with E-state index in [2.05, 4.69) is 10.3 Å². The van der Waals surface area contributed by atoms with Gasteiger partial charge in [-0.2, -0.15) is 0 Å². The summed E-state index contributed by atoms with van der Waals surface area (Å²) in [6, 6.07) is 7.22. The minimum Gasteiger partial charge on any atom is -0.497 e. The molecule has 2 rings (SSSR count). The summed E-state index contributed by atoms with van der Waals surface area (Å²) in [6.45, 7) is 0.699. The van der Waals surface area contributed by atoms with Crippen LogP contribution in [0.1, 0.15) is 10.7 Å². The summed E-state index contributed by atoms with van der Waals surface area (Å²) < 4.78 is 10.6. The summed E-state index contributed by atoms with van der Waals surface area (Å²) in [5.41, 5.74) is 0.469. The maximum absolute atomic E-state index is 11.8. The van der Waals surface area contributed by atoms with Crippen LogP contribution in [-0.2, 0) is 22.4 Å². The highest BCUT2D eigenvalue weighted by atomic mass is 32.1. The first-order valence-corrected chi connectivity index (χ1v) is 8.13. The van der Waals surface area contributed by atoms with Gasteiger partial charge in [-0.15, -0.1) is 11.3 Å². The first kappa shape index (κ1) is 17.7. The standard InChI is InChI=1S/C16H18N2O5S/c1-22-12-3-2-4-13(8-12)23-6-5-17-14(19)9-15-18-11(10-24-15)7-16(20)21/h2-4,8,10H,5-7,9H2,1H3,(H,17,19)(H,20,21). The fourth-order valence-corrected chi connectivity index (χ4v) is 2.71. The zero-order valence-electron chi connectivity index (χ0n) is 13.2. The molecule has 0 bridgehead atoms. The molecule has 0 aliphatic carbocycles. The number of carbonyl (C=O) groups is 2. The Labute approximate surface area is 143 Å². The highest BCUT2D eigenvalue weighted by molar-refractivity contribution is 7.09. The molecule has 8 heteroatoms. The highest BCUT2D eigenvalue weighted by Gasteiger charge is 2.09. The van der Waals surface area contributed by atoms with Gasteiger partial charge in [0.2, 0.25) is 5.91 Å². The van der Waals surface area contributed by atoms with Gasteiger partial charge in [-0.25, -0.2) is 4.98 Å². The molecule has 1 heterocycles. The molecule has 0 saturated heterocycles. The summed E-state index contributed by atoms with van der Waals surface area (Å²) in [4.78, 5) is 26.5. The van der Waals surface area contributed by atoms with Crippen LogP contribution in [0.5, 0.6) is 11.5 Å². The second-order valence-corrected chi connectivity index (χ2v) is 5.80. The number of carboxylic acids is 1. The molecule has 1 aromatic carbocycles. The van der Waals surface area contributed by atoms with Crippen LogP contribution in [0.3, 0.4) is 0 Å². The van der Waals surface area contributed by atoms with Crippen molar-refractivity contribution >= 4 is 23.2 Å². The maximum atomic E-state index is 11.8. The number of carbonyl (C=O) groups excluding carboxylic acids is 1. The Balaban J connectivity index is 1.69. The average molecular weight is 350 g/mol. The van der Waals surface area contributed by atoms with Crippen LogP contribution < -0.4 is 14.8 Å². The number of amides is 1. The van der Waals surface area contributed by atoms with E-state index in [-0.39, 0.29) is 18.7 Å². The fourth-order valence-electron chi connectivity index (χ4n) is 1.92. The summed E-state index contributed by atoms with van der Waals surface area (Å²) >= 11 is 1.28. The molecule has 24 heavy (non-hydrogen) atoms. The van der Waals surface area contributed by atoms with Crippen LogP contribution in [0, 0.1) is 0 Å². The molecule has 7 nitrogen and oxygen atoms in total. The van der Waals surface area contributed by atoms with Gasteiger partial charge in [0.25, 0.3) is 0 Å². The van der Waals surface area contributed by atoms with E-state index in [4.69, 9.17) is 14.6 Å². The van der Waals surface area contributed by atoms with Crippen LogP contribution in [0.25, 0.3) is 0 Å². The van der Waals surface area contributed by atoms with Gasteiger partial charge in [-0.05, 0) is 12.1 Å². The van der Waals surface area contributed by atoms with E-state index in [1.807, 2.05) is 18.2 Å². The summed E-state index contributed by atoms with van der Waals surface area (Å²) in [7, 11) is 1.58. The second-order valence-electron chi connectivity index (χ2n) is 4.86. The van der Waals surface area contributed by atoms with E-state index in [9.17, 15) is 9.59 Å². The number of nitrogens with zero attached hydrogens (tertiary/aromatic N) is 1. The van der Waals surface area contributed by atoms with Crippen LogP contribution in [0.2, 0.25) is 0 Å². The molecule has 0 unspecified atom stereocenters. The predicted octanol–water partition coefficient (Wildman–Crippen LogP) is 1.52. The number of aromatic nitrogens is 1. The molecule has 2 N–H and O–H groups in total. The van der Waals surface area contributed by atoms with Crippen molar-refractivity contribution < 1.29 is 24.2 Å². The topological polar surface area (TPSA) is 97.8 Å². The molecule has 1 aromatic heterocycles. The van der Waals surface area contributed by atoms with Crippen LogP contribution in [0.4, 0.5) is 0 Å². The number of methoxy groups -OCH3 is 1. The van der Waals surface area contributed by atoms with Gasteiger partial charge < -0.3 is 19.9 Å². The zero-order valence-corrected chi connectivity index (χ0v) is 14.0. The molecule has 2 aromatic rings. The van der Waals surface area contributed by atoms with Crippen molar-refractivity contribution in [1.82, 2.24) is 10.3 Å². The highest BCUT2D eigenvalue weighted by Crippen LogP contribution is 2.18. The molecular weight excluding hydrogens is 332 g/mol. The van der Waals surface area contributed by atoms with Gasteiger partial charge in [0.1, 0.15) is 23.1 Å². The Morgan fingerprint density at radius 2 is 2.08 bits per heavy atom. The van der Waals surface area contributed by atoms with E-state index < -0.39 is 5.97 Å². The van der Waals surface area contributed by atoms with Gasteiger partial charge >= 0.3 is 5.97 Å². The van der Waals surface area contributed by atoms with Crippen molar-refractivity contribution in [3.63, 3.8) is 0 Å². The molecular formula is C16H18N2O5S. The van der Waals surface area contributed by atoms with Crippen molar-refractivity contribution in [1.29, 1.82) is 0 Å². The van der Waals surface area contributed by atoms with Crippen molar-refractivity contribution in [3.8, 4) is 11.5 Å². The van der Waals surface area contributed by atoms with Gasteiger partial charge in [0.15, 0.2) is 0 Å². The number of thiazole rings is 1. The predicted molar refractivity (Wildman–Crippen MR) is 88.7 cm³/mol. The minimum absolute atomic E-state index is 0.128. The summed E-state index contributed by atoms with van der Waals surface area (Å²) in [6.07, 6.45) is -0.00403. The van der Waals surface area contributed by atoms with Crippen molar-refractivity contribution in [2.45, 2.75) is 12.8 Å². The molecule has 1 amide bonds. The lowest BCUT2D eigenvalue weighted by Gasteiger charge is -2.08. The number of benzene rings is 1. The number of aliphatic carboxylic acids is 1. The molecule has 0 atom stereocenters. The molecule has 0 spiro atoms. The Morgan fingerprint density at radius 3 is 2.83 bits per heavy atom. The zero-order chi connectivity index (χ0) is 17.4. The van der Waals surface area contributed by atoms with Crippen molar-refractivity contribution in [2.24, 2.45) is 0 Å². The Kier molecular flexibility index (Phi) is 6.56. The number of rotatable bonds is 9. The lowest BCUT2D eigenvalue weighted by Crippen LogP contribution is -2.29. The second kappa shape index (κ2) is 8.88. The van der Waals surface area contributed by atoms with Gasteiger partial charge in [0.05, 0.1) is 32.2 Å². The Bertz CT molecular complexity index is 701. The molecule has 0 aliphatic heterocycles. The fraction of sp³-hybridized carbons (Fsp3) is 0.312. The Hall–Kier alpha value is -2.61. The molecule has 0 aliphatic rings. The number of ether oxygens (including phenoxy) is 2. The van der Waals surface area contributed by atoms with Gasteiger partial charge in [0, 0.05) is 11.4 Å². The van der Waals surface area contributed by atoms with Crippen molar-refractivity contribution in [3.05, 3.63) is 40.3 Å². The lowest BCUT2D eigenvalue weighted by atomic mass is 10.3. The largest absolute Gasteiger partial charge is 0.497 e. The van der Waals surface area contributed by atoms with Gasteiger partial charge in [-0.3, -0.25) is 9.59 Å². The third-order valence-corrected chi connectivity index (χ3v) is 3.88. The van der Waals surface area contributed by atoms with Crippen LogP contribution in [0.15, 0.2) is 29.6 Å². The van der Waals surface area contributed by atoms with Crippen molar-refractivity contribution in [2.75, 3.05) is 20.3 Å². The monoisotopic (exact) mass is 350 g/mol. The molecule has 0 radical (unpaired) electrons. The summed E-state index contributed by atoms with van der Waals surface area (Å²) in [5, 5.41) is 13.7. The minimum atomic E-state index is -0.939. The average Bonchev–Trinajstić information content (AvgIpc) is 2.98. The van der Waals surface area contributed by atoms with E-state index in [0.717, 1.165) is 0 Å². The normalized spacial score (nSPS) is 10.2. The third kappa shape index (κ3) is 5.88. The lowest BCUT2D eigenvalue weighted by molar-refractivity contribution is -0.136. The molecule has 0 saturated carbocycles. The van der Waals surface area contributed by atoms with E-state index in [1.165, 1.54) is 11.3 Å². The number of nitrogens with one attached hydrogen (secondary N) is 1. The first-order chi connectivity index (χ1) is 11.6.